The van der Waals surface area contributed by atoms with Crippen molar-refractivity contribution < 1.29 is 9.53 Å². The van der Waals surface area contributed by atoms with Gasteiger partial charge >= 0.3 is 0 Å². The van der Waals surface area contributed by atoms with Crippen LogP contribution < -0.4 is 0 Å². The summed E-state index contributed by atoms with van der Waals surface area (Å²) in [5, 5.41) is 0. The molecule has 4 heteroatoms. The number of methoxy groups -OCH3 is 1. The molecule has 0 aliphatic heterocycles. The number of carbonyl (C=O) groups excluding carboxylic acids is 1. The third-order valence-corrected chi connectivity index (χ3v) is 4.02. The predicted octanol–water partition coefficient (Wildman–Crippen LogP) is 3.90. The molecular weight excluding hydrogens is 276 g/mol. The van der Waals surface area contributed by atoms with Gasteiger partial charge in [-0.3, -0.25) is 4.79 Å². The minimum atomic E-state index is -0.218. The van der Waals surface area contributed by atoms with E-state index in [0.717, 1.165) is 15.1 Å². The van der Waals surface area contributed by atoms with Crippen LogP contribution in [-0.2, 0) is 4.74 Å². The van der Waals surface area contributed by atoms with Crippen molar-refractivity contribution in [2.45, 2.75) is 32.3 Å². The molecule has 0 aliphatic carbocycles. The van der Waals surface area contributed by atoms with Crippen molar-refractivity contribution in [1.29, 1.82) is 0 Å². The van der Waals surface area contributed by atoms with E-state index in [-0.39, 0.29) is 11.4 Å². The maximum atomic E-state index is 11.8. The van der Waals surface area contributed by atoms with Crippen LogP contribution in [0.15, 0.2) is 15.9 Å². The Morgan fingerprint density at radius 1 is 1.53 bits per heavy atom. The summed E-state index contributed by atoms with van der Waals surface area (Å²) >= 11 is 4.83. The minimum Gasteiger partial charge on any atom is -0.379 e. The number of thiophene rings is 1. The number of hydrogen-bond acceptors (Lipinski definition) is 3. The van der Waals surface area contributed by atoms with E-state index in [9.17, 15) is 4.79 Å². The molecule has 0 unspecified atom stereocenters. The van der Waals surface area contributed by atoms with Crippen molar-refractivity contribution in [2.24, 2.45) is 0 Å². The lowest BCUT2D eigenvalue weighted by molar-refractivity contribution is 0.0142. The second-order valence-electron chi connectivity index (χ2n) is 3.99. The van der Waals surface area contributed by atoms with E-state index >= 15 is 0 Å². The van der Waals surface area contributed by atoms with Crippen LogP contribution in [0.1, 0.15) is 36.4 Å². The fourth-order valence-electron chi connectivity index (χ4n) is 1.10. The van der Waals surface area contributed by atoms with Crippen molar-refractivity contribution in [3.05, 3.63) is 20.8 Å². The van der Waals surface area contributed by atoms with Gasteiger partial charge in [-0.1, -0.05) is 0 Å². The van der Waals surface area contributed by atoms with E-state index < -0.39 is 0 Å². The standard InChI is InChI=1S/C11H15BrO2S/c1-11(2,14-3)7-6-8(13)9-4-5-10(12)15-9/h4-5H,6-7H2,1-3H3. The van der Waals surface area contributed by atoms with Gasteiger partial charge < -0.3 is 4.74 Å². The van der Waals surface area contributed by atoms with Crippen LogP contribution in [-0.4, -0.2) is 18.5 Å². The molecule has 1 rings (SSSR count). The highest BCUT2D eigenvalue weighted by Crippen LogP contribution is 2.25. The van der Waals surface area contributed by atoms with Gasteiger partial charge in [0.15, 0.2) is 5.78 Å². The van der Waals surface area contributed by atoms with Gasteiger partial charge in [0.1, 0.15) is 0 Å². The Bertz CT molecular complexity index is 344. The number of halogens is 1. The molecule has 84 valence electrons. The van der Waals surface area contributed by atoms with Crippen molar-refractivity contribution in [3.63, 3.8) is 0 Å². The first-order valence-corrected chi connectivity index (χ1v) is 6.39. The third kappa shape index (κ3) is 4.05. The number of carbonyl (C=O) groups is 1. The van der Waals surface area contributed by atoms with Gasteiger partial charge in [-0.15, -0.1) is 11.3 Å². The summed E-state index contributed by atoms with van der Waals surface area (Å²) in [5.41, 5.74) is -0.218. The van der Waals surface area contributed by atoms with Gasteiger partial charge in [0.05, 0.1) is 14.3 Å². The Labute approximate surface area is 103 Å². The maximum absolute atomic E-state index is 11.8. The van der Waals surface area contributed by atoms with E-state index in [1.54, 1.807) is 7.11 Å². The van der Waals surface area contributed by atoms with Crippen LogP contribution in [0.3, 0.4) is 0 Å². The van der Waals surface area contributed by atoms with E-state index in [4.69, 9.17) is 4.74 Å². The number of rotatable bonds is 5. The first kappa shape index (κ1) is 12.9. The van der Waals surface area contributed by atoms with E-state index in [0.29, 0.717) is 6.42 Å². The van der Waals surface area contributed by atoms with Crippen LogP contribution in [0.4, 0.5) is 0 Å². The molecule has 0 bridgehead atoms. The summed E-state index contributed by atoms with van der Waals surface area (Å²) in [7, 11) is 1.67. The van der Waals surface area contributed by atoms with Gasteiger partial charge in [-0.2, -0.15) is 0 Å². The Morgan fingerprint density at radius 3 is 2.67 bits per heavy atom. The van der Waals surface area contributed by atoms with E-state index in [2.05, 4.69) is 15.9 Å². The summed E-state index contributed by atoms with van der Waals surface area (Å²) in [6.07, 6.45) is 1.28. The number of hydrogen-bond donors (Lipinski definition) is 0. The molecule has 0 amide bonds. The van der Waals surface area contributed by atoms with Gasteiger partial charge in [0.2, 0.25) is 0 Å². The van der Waals surface area contributed by atoms with E-state index in [1.807, 2.05) is 26.0 Å². The molecule has 0 fully saturated rings. The molecule has 0 spiro atoms. The second-order valence-corrected chi connectivity index (χ2v) is 6.45. The highest BCUT2D eigenvalue weighted by Gasteiger charge is 2.19. The van der Waals surface area contributed by atoms with Crippen LogP contribution in [0.5, 0.6) is 0 Å². The van der Waals surface area contributed by atoms with Gasteiger partial charge in [-0.25, -0.2) is 0 Å². The van der Waals surface area contributed by atoms with E-state index in [1.165, 1.54) is 11.3 Å². The van der Waals surface area contributed by atoms with Crippen molar-refractivity contribution in [3.8, 4) is 0 Å². The fourth-order valence-corrected chi connectivity index (χ4v) is 2.46. The Hall–Kier alpha value is -0.190. The molecule has 0 radical (unpaired) electrons. The normalized spacial score (nSPS) is 11.7. The Balaban J connectivity index is 2.50. The minimum absolute atomic E-state index is 0.191. The first-order chi connectivity index (χ1) is 6.94. The molecule has 1 heterocycles. The van der Waals surface area contributed by atoms with Crippen LogP contribution >= 0.6 is 27.3 Å². The lowest BCUT2D eigenvalue weighted by atomic mass is 10.0. The highest BCUT2D eigenvalue weighted by atomic mass is 79.9. The smallest absolute Gasteiger partial charge is 0.172 e. The molecule has 0 saturated heterocycles. The molecule has 0 aliphatic rings. The van der Waals surface area contributed by atoms with Crippen LogP contribution in [0.25, 0.3) is 0 Å². The fraction of sp³-hybridized carbons (Fsp3) is 0.545. The largest absolute Gasteiger partial charge is 0.379 e. The highest BCUT2D eigenvalue weighted by molar-refractivity contribution is 9.11. The molecule has 0 saturated carbocycles. The van der Waals surface area contributed by atoms with Gasteiger partial charge in [-0.05, 0) is 48.3 Å². The second kappa shape index (κ2) is 5.23. The zero-order valence-electron chi connectivity index (χ0n) is 9.17. The van der Waals surface area contributed by atoms with Crippen molar-refractivity contribution in [1.82, 2.24) is 0 Å². The van der Waals surface area contributed by atoms with Crippen molar-refractivity contribution in [2.75, 3.05) is 7.11 Å². The zero-order chi connectivity index (χ0) is 11.5. The molecule has 0 atom stereocenters. The van der Waals surface area contributed by atoms with Gasteiger partial charge in [0.25, 0.3) is 0 Å². The summed E-state index contributed by atoms with van der Waals surface area (Å²) in [4.78, 5) is 12.6. The monoisotopic (exact) mass is 290 g/mol. The van der Waals surface area contributed by atoms with Crippen molar-refractivity contribution >= 4 is 33.0 Å². The summed E-state index contributed by atoms with van der Waals surface area (Å²) in [6.45, 7) is 3.98. The molecular formula is C11H15BrO2S. The maximum Gasteiger partial charge on any atom is 0.172 e. The number of Topliss-reactive ketones (excluding diaryl/α,β-unsaturated/α-hetero) is 1. The van der Waals surface area contributed by atoms with Crippen LogP contribution in [0.2, 0.25) is 0 Å². The molecule has 2 nitrogen and oxygen atoms in total. The third-order valence-electron chi connectivity index (χ3n) is 2.35. The summed E-state index contributed by atoms with van der Waals surface area (Å²) in [5.74, 6) is 0.191. The first-order valence-electron chi connectivity index (χ1n) is 4.78. The average Bonchev–Trinajstić information content (AvgIpc) is 2.61. The summed E-state index contributed by atoms with van der Waals surface area (Å²) in [6, 6.07) is 3.76. The Kier molecular flexibility index (Phi) is 4.49. The molecule has 15 heavy (non-hydrogen) atoms. The molecule has 0 aromatic carbocycles. The SMILES string of the molecule is COC(C)(C)CCC(=O)c1ccc(Br)s1. The topological polar surface area (TPSA) is 26.3 Å². The number of ketones is 1. The molecule has 0 N–H and O–H groups in total. The zero-order valence-corrected chi connectivity index (χ0v) is 11.6. The number of ether oxygens (including phenoxy) is 1. The lowest BCUT2D eigenvalue weighted by Crippen LogP contribution is -2.23. The summed E-state index contributed by atoms with van der Waals surface area (Å²) < 4.78 is 6.27. The predicted molar refractivity (Wildman–Crippen MR) is 66.7 cm³/mol. The molecule has 1 aromatic heterocycles. The average molecular weight is 291 g/mol. The molecule has 1 aromatic rings. The lowest BCUT2D eigenvalue weighted by Gasteiger charge is -2.21. The quantitative estimate of drug-likeness (QED) is 0.769. The van der Waals surface area contributed by atoms with Gasteiger partial charge in [0, 0.05) is 13.5 Å². The Morgan fingerprint density at radius 2 is 2.20 bits per heavy atom. The van der Waals surface area contributed by atoms with Crippen LogP contribution in [0, 0.1) is 0 Å².